The van der Waals surface area contributed by atoms with E-state index < -0.39 is 156 Å². The maximum atomic E-state index is 15.1. The molecule has 0 spiro atoms. The highest BCUT2D eigenvalue weighted by Gasteiger charge is 2.45. The molecule has 0 aromatic rings. The Kier molecular flexibility index (Phi) is 32.2. The number of rotatable bonds is 16. The van der Waals surface area contributed by atoms with Gasteiger partial charge in [0.2, 0.25) is 65.0 Å². The van der Waals surface area contributed by atoms with Crippen molar-refractivity contribution in [2.45, 2.75) is 216 Å². The lowest BCUT2D eigenvalue weighted by molar-refractivity contribution is -0.157. The van der Waals surface area contributed by atoms with Crippen LogP contribution in [0.2, 0.25) is 0 Å². The Hall–Kier alpha value is -6.17. The SMILES string of the molecule is CC[C@H]1NC(=O)[C@H]([C@H](O)[C@H](C)C/C=C/CO)N(C)C(=O)[C@@H](C(C)C)N(C)C(=O)[C@H](CC(C)C)N(C)C(=O)[C@H](CC(C)C)N(C)C(=O)[C@@H](C)NC(=O)[C@H](C)NC(=O)[C@@H](CC(C)C)N(C)C(=O)[C@H](C(C)C)NC(=O)[C@H](CC(C)C)N(C)C(=O)CN(C)C1=O. The van der Waals surface area contributed by atoms with Crippen LogP contribution in [0.5, 0.6) is 0 Å². The van der Waals surface area contributed by atoms with Crippen molar-refractivity contribution < 1.29 is 63.0 Å². The summed E-state index contributed by atoms with van der Waals surface area (Å²) in [4.78, 5) is 168. The van der Waals surface area contributed by atoms with Crippen LogP contribution < -0.4 is 21.3 Å². The van der Waals surface area contributed by atoms with Crippen LogP contribution in [0.15, 0.2) is 12.2 Å². The van der Waals surface area contributed by atoms with Gasteiger partial charge in [0.15, 0.2) is 0 Å². The van der Waals surface area contributed by atoms with Crippen LogP contribution in [0.3, 0.4) is 0 Å². The molecule has 0 radical (unpaired) electrons. The molecule has 1 rings (SSSR count). The van der Waals surface area contributed by atoms with Gasteiger partial charge in [0.1, 0.15) is 60.4 Å². The van der Waals surface area contributed by atoms with Crippen LogP contribution in [0, 0.1) is 41.4 Å². The van der Waals surface area contributed by atoms with Crippen molar-refractivity contribution in [2.24, 2.45) is 41.4 Å². The van der Waals surface area contributed by atoms with Gasteiger partial charge in [0.05, 0.1) is 19.3 Å². The molecule has 1 fully saturated rings. The van der Waals surface area contributed by atoms with Crippen molar-refractivity contribution in [3.63, 3.8) is 0 Å². The number of nitrogens with one attached hydrogen (secondary N) is 4. The number of hydrogen-bond acceptors (Lipinski definition) is 13. The number of amides is 11. The van der Waals surface area contributed by atoms with E-state index >= 15 is 9.59 Å². The van der Waals surface area contributed by atoms with Crippen molar-refractivity contribution in [3.05, 3.63) is 12.2 Å². The normalized spacial score (nSPS) is 26.7. The van der Waals surface area contributed by atoms with Gasteiger partial charge in [-0.2, -0.15) is 0 Å². The molecule has 0 bridgehead atoms. The second-order valence-electron chi connectivity index (χ2n) is 26.2. The van der Waals surface area contributed by atoms with Crippen molar-refractivity contribution in [1.29, 1.82) is 0 Å². The summed E-state index contributed by atoms with van der Waals surface area (Å²) >= 11 is 0. The fraction of sp³-hybridized carbons (Fsp3) is 0.790. The fourth-order valence-corrected chi connectivity index (χ4v) is 10.7. The molecule has 12 atom stereocenters. The fourth-order valence-electron chi connectivity index (χ4n) is 10.7. The van der Waals surface area contributed by atoms with E-state index in [0.29, 0.717) is 0 Å². The Labute approximate surface area is 513 Å². The van der Waals surface area contributed by atoms with Gasteiger partial charge in [0, 0.05) is 49.3 Å². The molecule has 1 saturated heterocycles. The molecule has 1 heterocycles. The summed E-state index contributed by atoms with van der Waals surface area (Å²) in [5, 5.41) is 32.5. The number of carbonyl (C=O) groups excluding carboxylic acids is 11. The van der Waals surface area contributed by atoms with Gasteiger partial charge in [-0.05, 0) is 93.8 Å². The third-order valence-electron chi connectivity index (χ3n) is 16.1. The van der Waals surface area contributed by atoms with Crippen LogP contribution in [-0.4, -0.2) is 238 Å². The van der Waals surface area contributed by atoms with Crippen molar-refractivity contribution in [2.75, 3.05) is 62.5 Å². The van der Waals surface area contributed by atoms with E-state index in [-0.39, 0.29) is 68.8 Å². The number of hydrogen-bond donors (Lipinski definition) is 6. The monoisotopic (exact) mass is 1220 g/mol. The van der Waals surface area contributed by atoms with Gasteiger partial charge >= 0.3 is 0 Å². The standard InChI is InChI=1S/C62H111N11O13/c1-24-43-58(82)67(17)33-48(75)68(18)44(29-34(2)3)55(79)66-49(38(10)11)61(85)69(19)45(30-35(4)5)54(78)63-41(15)53(77)64-42(16)57(81)70(20)46(31-36(6)7)59(83)71(21)47(32-37(8)9)60(84)72(22)50(39(12)13)62(86)73(23)51(56(80)65-43)52(76)40(14)27-25-26-28-74/h25-26,34-47,49-52,74,76H,24,27-33H2,1-23H3,(H,63,78)(H,64,77)(H,65,80)(H,66,79)/b26-25+/t40-,41+,42-,43-,44+,45-,46+,47+,49+,50-,51+,52-/m1/s1. The molecule has 6 N–H and O–H groups in total. The molecule has 1 aliphatic rings. The second-order valence-corrected chi connectivity index (χ2v) is 26.2. The lowest BCUT2D eigenvalue weighted by Gasteiger charge is -2.41. The molecule has 492 valence electrons. The van der Waals surface area contributed by atoms with Gasteiger partial charge in [-0.3, -0.25) is 52.7 Å². The first-order chi connectivity index (χ1) is 39.7. The zero-order valence-corrected chi connectivity index (χ0v) is 56.2. The van der Waals surface area contributed by atoms with Crippen molar-refractivity contribution >= 4 is 65.0 Å². The lowest BCUT2D eigenvalue weighted by Crippen LogP contribution is -2.63. The highest BCUT2D eigenvalue weighted by molar-refractivity contribution is 5.99. The topological polar surface area (TPSA) is 299 Å². The lowest BCUT2D eigenvalue weighted by atomic mass is 9.91. The number of aliphatic hydroxyl groups excluding tert-OH is 2. The van der Waals surface area contributed by atoms with Crippen molar-refractivity contribution in [1.82, 2.24) is 55.6 Å². The van der Waals surface area contributed by atoms with E-state index in [1.165, 1.54) is 93.8 Å². The predicted octanol–water partition coefficient (Wildman–Crippen LogP) is 2.24. The minimum absolute atomic E-state index is 0.00425. The third-order valence-corrected chi connectivity index (χ3v) is 16.1. The van der Waals surface area contributed by atoms with Crippen LogP contribution in [0.1, 0.15) is 149 Å². The first-order valence-electron chi connectivity index (χ1n) is 30.7. The zero-order valence-electron chi connectivity index (χ0n) is 56.2. The molecule has 0 unspecified atom stereocenters. The first kappa shape index (κ1) is 77.8. The summed E-state index contributed by atoms with van der Waals surface area (Å²) < 4.78 is 0. The molecule has 11 amide bonds. The van der Waals surface area contributed by atoms with Crippen molar-refractivity contribution in [3.8, 4) is 0 Å². The number of carbonyl (C=O) groups is 11. The maximum Gasteiger partial charge on any atom is 0.246 e. The summed E-state index contributed by atoms with van der Waals surface area (Å²) in [5.41, 5.74) is 0. The van der Waals surface area contributed by atoms with Crippen LogP contribution in [-0.2, 0) is 52.7 Å². The molecular formula is C62H111N11O13. The zero-order chi connectivity index (χ0) is 66.7. The van der Waals surface area contributed by atoms with Gasteiger partial charge in [0.25, 0.3) is 0 Å². The summed E-state index contributed by atoms with van der Waals surface area (Å²) in [7, 11) is 9.80. The van der Waals surface area contributed by atoms with Crippen LogP contribution in [0.25, 0.3) is 0 Å². The summed E-state index contributed by atoms with van der Waals surface area (Å²) in [5.74, 6) is -10.1. The average Bonchev–Trinajstić information content (AvgIpc) is 1.45. The smallest absolute Gasteiger partial charge is 0.246 e. The Morgan fingerprint density at radius 1 is 0.453 bits per heavy atom. The average molecular weight is 1220 g/mol. The quantitative estimate of drug-likeness (QED) is 0.121. The number of aliphatic hydroxyl groups is 2. The molecule has 0 aliphatic carbocycles. The van der Waals surface area contributed by atoms with Gasteiger partial charge in [-0.1, -0.05) is 109 Å². The molecule has 0 saturated carbocycles. The highest BCUT2D eigenvalue weighted by Crippen LogP contribution is 2.26. The molecule has 0 aromatic heterocycles. The summed E-state index contributed by atoms with van der Waals surface area (Å²) in [6, 6.07) is -12.5. The molecule has 24 heteroatoms. The highest BCUT2D eigenvalue weighted by atomic mass is 16.3. The van der Waals surface area contributed by atoms with E-state index in [1.54, 1.807) is 47.6 Å². The van der Waals surface area contributed by atoms with Gasteiger partial charge in [-0.25, -0.2) is 0 Å². The summed E-state index contributed by atoms with van der Waals surface area (Å²) in [6.07, 6.45) is 2.22. The second kappa shape index (κ2) is 35.6. The van der Waals surface area contributed by atoms with Crippen LogP contribution >= 0.6 is 0 Å². The maximum absolute atomic E-state index is 15.1. The third kappa shape index (κ3) is 21.9. The number of allylic oxidation sites excluding steroid dienone is 1. The van der Waals surface area contributed by atoms with Gasteiger partial charge < -0.3 is 65.8 Å². The first-order valence-corrected chi connectivity index (χ1v) is 30.7. The van der Waals surface area contributed by atoms with Crippen LogP contribution in [0.4, 0.5) is 0 Å². The van der Waals surface area contributed by atoms with E-state index in [4.69, 9.17) is 0 Å². The molecule has 24 nitrogen and oxygen atoms in total. The Bertz CT molecular complexity index is 2350. The number of likely N-dealkylation sites (N-methyl/N-ethyl adjacent to an activating group) is 7. The van der Waals surface area contributed by atoms with E-state index in [1.807, 2.05) is 55.4 Å². The molecule has 86 heavy (non-hydrogen) atoms. The Balaban J connectivity index is 4.33. The Morgan fingerprint density at radius 2 is 0.872 bits per heavy atom. The predicted molar refractivity (Wildman–Crippen MR) is 330 cm³/mol. The summed E-state index contributed by atoms with van der Waals surface area (Å²) in [6.45, 7) is 27.0. The van der Waals surface area contributed by atoms with Gasteiger partial charge in [-0.15, -0.1) is 0 Å². The molecular weight excluding hydrogens is 1110 g/mol. The minimum atomic E-state index is -1.67. The molecule has 0 aromatic carbocycles. The molecule has 1 aliphatic heterocycles. The van der Waals surface area contributed by atoms with E-state index in [0.717, 1.165) is 9.80 Å². The minimum Gasteiger partial charge on any atom is -0.392 e. The largest absolute Gasteiger partial charge is 0.392 e. The van der Waals surface area contributed by atoms with E-state index in [9.17, 15) is 53.4 Å². The number of nitrogens with zero attached hydrogens (tertiary/aromatic N) is 7. The Morgan fingerprint density at radius 3 is 1.33 bits per heavy atom. The van der Waals surface area contributed by atoms with E-state index in [2.05, 4.69) is 21.3 Å².